The lowest BCUT2D eigenvalue weighted by molar-refractivity contribution is -0.114. The first kappa shape index (κ1) is 14.5. The molecule has 0 aliphatic rings. The van der Waals surface area contributed by atoms with Crippen LogP contribution < -0.4 is 10.6 Å². The Hall–Kier alpha value is -1.92. The molecule has 0 saturated heterocycles. The lowest BCUT2D eigenvalue weighted by atomic mass is 10.2. The van der Waals surface area contributed by atoms with Crippen LogP contribution in [0.3, 0.4) is 0 Å². The van der Waals surface area contributed by atoms with Gasteiger partial charge in [0, 0.05) is 6.92 Å². The van der Waals surface area contributed by atoms with Crippen LogP contribution in [0.2, 0.25) is 5.02 Å². The molecule has 0 aliphatic heterocycles. The summed E-state index contributed by atoms with van der Waals surface area (Å²) in [6.07, 6.45) is 1.41. The van der Waals surface area contributed by atoms with Crippen molar-refractivity contribution in [2.24, 2.45) is 0 Å². The van der Waals surface area contributed by atoms with Crippen LogP contribution in [0.25, 0.3) is 0 Å². The van der Waals surface area contributed by atoms with Crippen LogP contribution in [0.1, 0.15) is 22.2 Å². The number of anilines is 2. The van der Waals surface area contributed by atoms with Gasteiger partial charge in [-0.25, -0.2) is 4.98 Å². The lowest BCUT2D eigenvalue weighted by Gasteiger charge is -2.08. The first-order chi connectivity index (χ1) is 9.47. The smallest absolute Gasteiger partial charge is 0.267 e. The molecule has 2 rings (SSSR count). The number of carbonyl (C=O) groups excluding carboxylic acids is 2. The third-order valence-electron chi connectivity index (χ3n) is 2.47. The molecule has 0 fully saturated rings. The van der Waals surface area contributed by atoms with Gasteiger partial charge in [0.1, 0.15) is 4.88 Å². The van der Waals surface area contributed by atoms with Gasteiger partial charge in [-0.05, 0) is 18.6 Å². The van der Waals surface area contributed by atoms with Crippen molar-refractivity contribution < 1.29 is 9.59 Å². The van der Waals surface area contributed by atoms with Gasteiger partial charge in [0.25, 0.3) is 5.91 Å². The summed E-state index contributed by atoms with van der Waals surface area (Å²) >= 11 is 7.15. The third kappa shape index (κ3) is 3.34. The standard InChI is InChI=1S/C13H12ClN3O2S/c1-7-4-3-5-9(14)11(7)17-12(19)10-6-15-13(20-10)16-8(2)18/h3-6H,1-2H3,(H,17,19)(H,15,16,18). The summed E-state index contributed by atoms with van der Waals surface area (Å²) in [6.45, 7) is 3.24. The molecule has 0 spiro atoms. The Morgan fingerprint density at radius 2 is 2.05 bits per heavy atom. The van der Waals surface area contributed by atoms with E-state index in [4.69, 9.17) is 11.6 Å². The molecule has 0 unspecified atom stereocenters. The average Bonchev–Trinajstić information content (AvgIpc) is 2.81. The van der Waals surface area contributed by atoms with E-state index >= 15 is 0 Å². The minimum absolute atomic E-state index is 0.228. The van der Waals surface area contributed by atoms with E-state index in [1.54, 1.807) is 6.07 Å². The monoisotopic (exact) mass is 309 g/mol. The molecule has 0 aliphatic carbocycles. The molecule has 0 bridgehead atoms. The van der Waals surface area contributed by atoms with E-state index in [9.17, 15) is 9.59 Å². The number of nitrogens with one attached hydrogen (secondary N) is 2. The van der Waals surface area contributed by atoms with Crippen LogP contribution >= 0.6 is 22.9 Å². The first-order valence-corrected chi connectivity index (χ1v) is 6.96. The number of aromatic nitrogens is 1. The average molecular weight is 310 g/mol. The van der Waals surface area contributed by atoms with Crippen molar-refractivity contribution in [1.82, 2.24) is 4.98 Å². The van der Waals surface area contributed by atoms with E-state index < -0.39 is 0 Å². The summed E-state index contributed by atoms with van der Waals surface area (Å²) in [5.74, 6) is -0.538. The molecule has 1 heterocycles. The molecular weight excluding hydrogens is 298 g/mol. The van der Waals surface area contributed by atoms with Crippen LogP contribution in [0.4, 0.5) is 10.8 Å². The predicted octanol–water partition coefficient (Wildman–Crippen LogP) is 3.32. The van der Waals surface area contributed by atoms with Gasteiger partial charge in [0.15, 0.2) is 5.13 Å². The third-order valence-corrected chi connectivity index (χ3v) is 3.70. The molecule has 0 radical (unpaired) electrons. The zero-order valence-corrected chi connectivity index (χ0v) is 12.4. The van der Waals surface area contributed by atoms with Crippen molar-refractivity contribution in [3.05, 3.63) is 39.9 Å². The highest BCUT2D eigenvalue weighted by Crippen LogP contribution is 2.27. The van der Waals surface area contributed by atoms with E-state index in [1.165, 1.54) is 13.1 Å². The highest BCUT2D eigenvalue weighted by Gasteiger charge is 2.14. The van der Waals surface area contributed by atoms with Gasteiger partial charge in [0.05, 0.1) is 16.9 Å². The van der Waals surface area contributed by atoms with Crippen molar-refractivity contribution in [3.8, 4) is 0 Å². The number of carbonyl (C=O) groups is 2. The molecule has 1 aromatic heterocycles. The van der Waals surface area contributed by atoms with Gasteiger partial charge < -0.3 is 10.6 Å². The van der Waals surface area contributed by atoms with Crippen LogP contribution in [0.5, 0.6) is 0 Å². The fraction of sp³-hybridized carbons (Fsp3) is 0.154. The van der Waals surface area contributed by atoms with Crippen LogP contribution in [0.15, 0.2) is 24.4 Å². The van der Waals surface area contributed by atoms with Gasteiger partial charge in [0.2, 0.25) is 5.91 Å². The Bertz CT molecular complexity index is 649. The maximum absolute atomic E-state index is 12.1. The summed E-state index contributed by atoms with van der Waals surface area (Å²) in [7, 11) is 0. The second-order valence-electron chi connectivity index (χ2n) is 4.10. The Kier molecular flexibility index (Phi) is 4.36. The maximum Gasteiger partial charge on any atom is 0.267 e. The van der Waals surface area contributed by atoms with Crippen molar-refractivity contribution in [3.63, 3.8) is 0 Å². The van der Waals surface area contributed by atoms with E-state index in [0.29, 0.717) is 20.7 Å². The van der Waals surface area contributed by atoms with Crippen molar-refractivity contribution in [2.45, 2.75) is 13.8 Å². The zero-order valence-electron chi connectivity index (χ0n) is 10.9. The van der Waals surface area contributed by atoms with E-state index in [-0.39, 0.29) is 11.8 Å². The summed E-state index contributed by atoms with van der Waals surface area (Å²) in [4.78, 5) is 27.4. The Labute approximate surface area is 125 Å². The maximum atomic E-state index is 12.1. The fourth-order valence-electron chi connectivity index (χ4n) is 1.55. The minimum atomic E-state index is -0.310. The first-order valence-electron chi connectivity index (χ1n) is 5.77. The van der Waals surface area contributed by atoms with E-state index in [0.717, 1.165) is 16.9 Å². The summed E-state index contributed by atoms with van der Waals surface area (Å²) in [5, 5.41) is 6.14. The number of rotatable bonds is 3. The highest BCUT2D eigenvalue weighted by atomic mass is 35.5. The number of nitrogens with zero attached hydrogens (tertiary/aromatic N) is 1. The van der Waals surface area contributed by atoms with E-state index in [2.05, 4.69) is 15.6 Å². The molecule has 2 aromatic rings. The minimum Gasteiger partial charge on any atom is -0.320 e. The van der Waals surface area contributed by atoms with Crippen LogP contribution in [-0.4, -0.2) is 16.8 Å². The van der Waals surface area contributed by atoms with Crippen LogP contribution in [0, 0.1) is 6.92 Å². The van der Waals surface area contributed by atoms with Gasteiger partial charge >= 0.3 is 0 Å². The molecule has 1 aromatic carbocycles. The molecule has 7 heteroatoms. The lowest BCUT2D eigenvalue weighted by Crippen LogP contribution is -2.11. The Balaban J connectivity index is 2.16. The van der Waals surface area contributed by atoms with Crippen molar-refractivity contribution >= 4 is 45.6 Å². The van der Waals surface area contributed by atoms with Crippen molar-refractivity contribution in [2.75, 3.05) is 10.6 Å². The molecule has 5 nitrogen and oxygen atoms in total. The molecule has 104 valence electrons. The van der Waals surface area contributed by atoms with Gasteiger partial charge in [-0.1, -0.05) is 35.1 Å². The summed E-state index contributed by atoms with van der Waals surface area (Å²) in [6, 6.07) is 5.38. The van der Waals surface area contributed by atoms with Gasteiger partial charge in [-0.15, -0.1) is 0 Å². The summed E-state index contributed by atoms with van der Waals surface area (Å²) < 4.78 is 0. The molecule has 2 amide bonds. The normalized spacial score (nSPS) is 10.2. The number of hydrogen-bond donors (Lipinski definition) is 2. The van der Waals surface area contributed by atoms with Crippen molar-refractivity contribution in [1.29, 1.82) is 0 Å². The Morgan fingerprint density at radius 3 is 2.70 bits per heavy atom. The molecular formula is C13H12ClN3O2S. The predicted molar refractivity (Wildman–Crippen MR) is 80.6 cm³/mol. The second kappa shape index (κ2) is 6.02. The quantitative estimate of drug-likeness (QED) is 0.913. The largest absolute Gasteiger partial charge is 0.320 e. The van der Waals surface area contributed by atoms with Crippen LogP contribution in [-0.2, 0) is 4.79 Å². The number of benzene rings is 1. The number of thiazole rings is 1. The number of para-hydroxylation sites is 1. The zero-order chi connectivity index (χ0) is 14.7. The molecule has 2 N–H and O–H groups in total. The number of halogens is 1. The molecule has 20 heavy (non-hydrogen) atoms. The SMILES string of the molecule is CC(=O)Nc1ncc(C(=O)Nc2c(C)cccc2Cl)s1. The number of aryl methyl sites for hydroxylation is 1. The van der Waals surface area contributed by atoms with Gasteiger partial charge in [-0.3, -0.25) is 9.59 Å². The van der Waals surface area contributed by atoms with E-state index in [1.807, 2.05) is 19.1 Å². The summed E-state index contributed by atoms with van der Waals surface area (Å²) in [5.41, 5.74) is 1.45. The fourth-order valence-corrected chi connectivity index (χ4v) is 2.58. The second-order valence-corrected chi connectivity index (χ2v) is 5.53. The highest BCUT2D eigenvalue weighted by molar-refractivity contribution is 7.17. The topological polar surface area (TPSA) is 71.1 Å². The molecule has 0 atom stereocenters. The number of hydrogen-bond acceptors (Lipinski definition) is 4. The Morgan fingerprint density at radius 1 is 1.30 bits per heavy atom. The number of amides is 2. The van der Waals surface area contributed by atoms with Gasteiger partial charge in [-0.2, -0.15) is 0 Å². The molecule has 0 saturated carbocycles.